The third kappa shape index (κ3) is 5.03. The van der Waals surface area contributed by atoms with Gasteiger partial charge in [0.2, 0.25) is 0 Å². The number of rotatable bonds is 4. The maximum atomic E-state index is 3.96. The van der Waals surface area contributed by atoms with Gasteiger partial charge in [-0.2, -0.15) is 0 Å². The van der Waals surface area contributed by atoms with E-state index >= 15 is 0 Å². The van der Waals surface area contributed by atoms with Crippen molar-refractivity contribution in [2.75, 3.05) is 0 Å². The molecule has 0 aliphatic heterocycles. The van der Waals surface area contributed by atoms with E-state index < -0.39 is 0 Å². The van der Waals surface area contributed by atoms with Gasteiger partial charge >= 0.3 is 0 Å². The molecule has 0 amide bonds. The summed E-state index contributed by atoms with van der Waals surface area (Å²) in [5.41, 5.74) is 7.74. The van der Waals surface area contributed by atoms with Crippen molar-refractivity contribution in [1.29, 1.82) is 0 Å². The van der Waals surface area contributed by atoms with Gasteiger partial charge in [-0.25, -0.2) is 0 Å². The van der Waals surface area contributed by atoms with Gasteiger partial charge in [0, 0.05) is 0 Å². The lowest BCUT2D eigenvalue weighted by Crippen LogP contribution is -2.33. The van der Waals surface area contributed by atoms with Crippen LogP contribution in [0.4, 0.5) is 0 Å². The molecule has 2 unspecified atom stereocenters. The molecule has 0 heteroatoms. The maximum absolute atomic E-state index is 3.96. The fraction of sp³-hybridized carbons (Fsp3) is 0.556. The van der Waals surface area contributed by atoms with Crippen molar-refractivity contribution >= 4 is 0 Å². The van der Waals surface area contributed by atoms with Crippen molar-refractivity contribution in [2.24, 2.45) is 5.92 Å². The zero-order valence-corrected chi connectivity index (χ0v) is 18.9. The van der Waals surface area contributed by atoms with Crippen LogP contribution >= 0.6 is 0 Å². The normalized spacial score (nSPS) is 25.4. The molecule has 0 bridgehead atoms. The number of fused-ring (bicyclic) bond motifs is 1. The molecular formula is C27H40. The molecule has 2 atom stereocenters. The molecule has 0 N–H and O–H groups in total. The molecule has 0 heterocycles. The highest BCUT2D eigenvalue weighted by molar-refractivity contribution is 5.46. The van der Waals surface area contributed by atoms with Gasteiger partial charge in [-0.15, -0.1) is 0 Å². The van der Waals surface area contributed by atoms with Crippen molar-refractivity contribution < 1.29 is 0 Å². The molecule has 0 aromatic heterocycles. The van der Waals surface area contributed by atoms with Crippen molar-refractivity contribution in [3.05, 3.63) is 70.8 Å². The van der Waals surface area contributed by atoms with Crippen LogP contribution in [0.2, 0.25) is 0 Å². The zero-order valence-electron chi connectivity index (χ0n) is 18.9. The summed E-state index contributed by atoms with van der Waals surface area (Å²) in [7, 11) is 0. The Kier molecular flexibility index (Phi) is 6.61. The Morgan fingerprint density at radius 2 is 1.59 bits per heavy atom. The predicted octanol–water partition coefficient (Wildman–Crippen LogP) is 8.24. The molecule has 148 valence electrons. The van der Waals surface area contributed by atoms with Crippen LogP contribution in [0.3, 0.4) is 0 Å². The van der Waals surface area contributed by atoms with Gasteiger partial charge < -0.3 is 0 Å². The minimum Gasteiger partial charge on any atom is -0.0961 e. The van der Waals surface area contributed by atoms with E-state index in [0.717, 1.165) is 5.57 Å². The van der Waals surface area contributed by atoms with E-state index in [2.05, 4.69) is 77.6 Å². The SMILES string of the molecule is C=C(C)/C=C(C)/C=C/C1CC1c1ccc2c(c1)C(C)(C)CCC2(C)C.CC. The first-order valence-electron chi connectivity index (χ1n) is 10.8. The Morgan fingerprint density at radius 1 is 1.00 bits per heavy atom. The minimum atomic E-state index is 0.307. The Hall–Kier alpha value is -1.56. The fourth-order valence-corrected chi connectivity index (χ4v) is 4.36. The van der Waals surface area contributed by atoms with Gasteiger partial charge in [0.05, 0.1) is 0 Å². The van der Waals surface area contributed by atoms with Crippen molar-refractivity contribution in [1.82, 2.24) is 0 Å². The second-order valence-electron chi connectivity index (χ2n) is 9.67. The summed E-state index contributed by atoms with van der Waals surface area (Å²) in [5.74, 6) is 1.41. The Bertz CT molecular complexity index is 739. The van der Waals surface area contributed by atoms with Crippen LogP contribution in [0, 0.1) is 5.92 Å². The Morgan fingerprint density at radius 3 is 2.19 bits per heavy atom. The van der Waals surface area contributed by atoms with Crippen molar-refractivity contribution in [3.63, 3.8) is 0 Å². The average Bonchev–Trinajstić information content (AvgIpc) is 3.38. The van der Waals surface area contributed by atoms with Crippen LogP contribution in [0.15, 0.2) is 54.2 Å². The number of hydrogen-bond acceptors (Lipinski definition) is 0. The highest BCUT2D eigenvalue weighted by Gasteiger charge is 2.40. The largest absolute Gasteiger partial charge is 0.0961 e. The van der Waals surface area contributed by atoms with E-state index in [1.807, 2.05) is 20.8 Å². The minimum absolute atomic E-state index is 0.307. The molecular weight excluding hydrogens is 324 g/mol. The summed E-state index contributed by atoms with van der Waals surface area (Å²) in [6.07, 6.45) is 10.7. The van der Waals surface area contributed by atoms with Gasteiger partial charge in [-0.3, -0.25) is 0 Å². The van der Waals surface area contributed by atoms with Crippen molar-refractivity contribution in [2.45, 2.75) is 91.4 Å². The molecule has 2 aliphatic carbocycles. The van der Waals surface area contributed by atoms with E-state index in [9.17, 15) is 0 Å². The van der Waals surface area contributed by atoms with Gasteiger partial charge in [-0.1, -0.05) is 95.7 Å². The number of benzene rings is 1. The van der Waals surface area contributed by atoms with E-state index in [-0.39, 0.29) is 0 Å². The van der Waals surface area contributed by atoms with E-state index in [4.69, 9.17) is 0 Å². The lowest BCUT2D eigenvalue weighted by atomic mass is 9.63. The summed E-state index contributed by atoms with van der Waals surface area (Å²) in [6, 6.07) is 7.36. The maximum Gasteiger partial charge on any atom is -0.00927 e. The lowest BCUT2D eigenvalue weighted by Gasteiger charge is -2.42. The second-order valence-corrected chi connectivity index (χ2v) is 9.67. The molecule has 1 aromatic carbocycles. The molecule has 3 rings (SSSR count). The topological polar surface area (TPSA) is 0 Å². The smallest absolute Gasteiger partial charge is 0.00927 e. The lowest BCUT2D eigenvalue weighted by molar-refractivity contribution is 0.331. The summed E-state index contributed by atoms with van der Waals surface area (Å²) in [6.45, 7) is 21.8. The van der Waals surface area contributed by atoms with Gasteiger partial charge in [0.25, 0.3) is 0 Å². The van der Waals surface area contributed by atoms with Crippen LogP contribution in [-0.2, 0) is 10.8 Å². The first kappa shape index (κ1) is 21.7. The summed E-state index contributed by atoms with van der Waals surface area (Å²) >= 11 is 0. The van der Waals surface area contributed by atoms with Crippen LogP contribution in [-0.4, -0.2) is 0 Å². The molecule has 0 spiro atoms. The molecule has 2 aliphatic rings. The van der Waals surface area contributed by atoms with Gasteiger partial charge in [0.15, 0.2) is 0 Å². The summed E-state index contributed by atoms with van der Waals surface area (Å²) in [5, 5.41) is 0. The summed E-state index contributed by atoms with van der Waals surface area (Å²) < 4.78 is 0. The van der Waals surface area contributed by atoms with Crippen molar-refractivity contribution in [3.8, 4) is 0 Å². The van der Waals surface area contributed by atoms with E-state index in [0.29, 0.717) is 22.7 Å². The zero-order chi connectivity index (χ0) is 20.4. The van der Waals surface area contributed by atoms with Crippen LogP contribution < -0.4 is 0 Å². The van der Waals surface area contributed by atoms with Crippen LogP contribution in [0.1, 0.15) is 97.3 Å². The number of hydrogen-bond donors (Lipinski definition) is 0. The van der Waals surface area contributed by atoms with Crippen LogP contribution in [0.25, 0.3) is 0 Å². The number of allylic oxidation sites excluding steroid dienone is 5. The average molecular weight is 365 g/mol. The fourth-order valence-electron chi connectivity index (χ4n) is 4.36. The van der Waals surface area contributed by atoms with Crippen LogP contribution in [0.5, 0.6) is 0 Å². The van der Waals surface area contributed by atoms with E-state index in [1.54, 1.807) is 16.7 Å². The first-order chi connectivity index (χ1) is 12.6. The Balaban J connectivity index is 0.00000126. The third-order valence-corrected chi connectivity index (χ3v) is 6.23. The molecule has 0 nitrogen and oxygen atoms in total. The molecule has 27 heavy (non-hydrogen) atoms. The highest BCUT2D eigenvalue weighted by atomic mass is 14.4. The monoisotopic (exact) mass is 364 g/mol. The van der Waals surface area contributed by atoms with E-state index in [1.165, 1.54) is 24.8 Å². The Labute approximate surface area is 168 Å². The predicted molar refractivity (Wildman–Crippen MR) is 122 cm³/mol. The van der Waals surface area contributed by atoms with Gasteiger partial charge in [-0.05, 0) is 72.5 Å². The second kappa shape index (κ2) is 8.21. The molecule has 0 radical (unpaired) electrons. The molecule has 0 saturated heterocycles. The first-order valence-corrected chi connectivity index (χ1v) is 10.8. The van der Waals surface area contributed by atoms with Gasteiger partial charge in [0.1, 0.15) is 0 Å². The quantitative estimate of drug-likeness (QED) is 0.472. The summed E-state index contributed by atoms with van der Waals surface area (Å²) in [4.78, 5) is 0. The molecule has 1 fully saturated rings. The standard InChI is InChI=1S/C25H34.C2H6/c1-17(2)14-18(3)8-9-19-15-21(19)20-10-11-22-23(16-20)25(6,7)13-12-24(22,4)5;1-2/h8-11,14,16,19,21H,1,12-13,15H2,2-7H3;1-2H3/b9-8+,18-14+;. The molecule has 1 saturated carbocycles. The molecule has 1 aromatic rings. The third-order valence-electron chi connectivity index (χ3n) is 6.23. The highest BCUT2D eigenvalue weighted by Crippen LogP contribution is 2.52.